The highest BCUT2D eigenvalue weighted by Crippen LogP contribution is 2.46. The Balaban J connectivity index is 1.07. The molecule has 0 spiro atoms. The molecule has 3 aromatic heterocycles. The molecule has 5 heteroatoms. The van der Waals surface area contributed by atoms with Crippen LogP contribution in [0.25, 0.3) is 110 Å². The van der Waals surface area contributed by atoms with Crippen molar-refractivity contribution >= 4 is 53.4 Å². The first-order valence-corrected chi connectivity index (χ1v) is 19.5. The van der Waals surface area contributed by atoms with Crippen LogP contribution >= 0.6 is 11.3 Å². The number of hydrogen-bond acceptors (Lipinski definition) is 5. The van der Waals surface area contributed by atoms with Gasteiger partial charge in [0, 0.05) is 53.2 Å². The Hall–Kier alpha value is -7.21. The second-order valence-electron chi connectivity index (χ2n) is 14.0. The lowest BCUT2D eigenvalue weighted by Gasteiger charge is -2.10. The van der Waals surface area contributed by atoms with Crippen molar-refractivity contribution in [2.75, 3.05) is 0 Å². The molecule has 0 unspecified atom stereocenters. The Kier molecular flexibility index (Phi) is 7.64. The minimum absolute atomic E-state index is 0.639. The maximum atomic E-state index is 6.65. The smallest absolute Gasteiger partial charge is 0.164 e. The maximum Gasteiger partial charge on any atom is 0.164 e. The molecule has 4 nitrogen and oxygen atoms in total. The highest BCUT2D eigenvalue weighted by Gasteiger charge is 2.20. The van der Waals surface area contributed by atoms with Gasteiger partial charge in [0.05, 0.1) is 0 Å². The van der Waals surface area contributed by atoms with Gasteiger partial charge in [-0.3, -0.25) is 0 Å². The van der Waals surface area contributed by atoms with Crippen LogP contribution in [0.1, 0.15) is 0 Å². The number of fused-ring (bicyclic) bond motifs is 6. The van der Waals surface area contributed by atoms with E-state index in [1.54, 1.807) is 11.3 Å². The second-order valence-corrected chi connectivity index (χ2v) is 15.1. The number of para-hydroxylation sites is 1. The fourth-order valence-electron chi connectivity index (χ4n) is 7.81. The normalized spacial score (nSPS) is 11.6. The zero-order chi connectivity index (χ0) is 37.0. The molecular weight excluding hydrogens is 703 g/mol. The zero-order valence-corrected chi connectivity index (χ0v) is 30.9. The molecule has 0 saturated heterocycles. The first-order chi connectivity index (χ1) is 27.7. The molecular formula is C51H31N3OS. The van der Waals surface area contributed by atoms with Crippen LogP contribution in [0.5, 0.6) is 0 Å². The van der Waals surface area contributed by atoms with E-state index in [-0.39, 0.29) is 0 Å². The predicted molar refractivity (Wildman–Crippen MR) is 233 cm³/mol. The Morgan fingerprint density at radius 3 is 1.61 bits per heavy atom. The van der Waals surface area contributed by atoms with Crippen LogP contribution in [0, 0.1) is 0 Å². The zero-order valence-electron chi connectivity index (χ0n) is 30.1. The number of furan rings is 1. The Morgan fingerprint density at radius 1 is 0.339 bits per heavy atom. The van der Waals surface area contributed by atoms with Gasteiger partial charge in [-0.05, 0) is 58.1 Å². The molecule has 0 fully saturated rings. The van der Waals surface area contributed by atoms with Gasteiger partial charge in [0.2, 0.25) is 0 Å². The minimum Gasteiger partial charge on any atom is -0.455 e. The van der Waals surface area contributed by atoms with E-state index in [1.165, 1.54) is 31.3 Å². The van der Waals surface area contributed by atoms with Gasteiger partial charge < -0.3 is 4.42 Å². The molecule has 0 aliphatic carbocycles. The van der Waals surface area contributed by atoms with Crippen molar-refractivity contribution in [2.24, 2.45) is 0 Å². The third-order valence-electron chi connectivity index (χ3n) is 10.5. The van der Waals surface area contributed by atoms with Gasteiger partial charge in [-0.1, -0.05) is 158 Å². The summed E-state index contributed by atoms with van der Waals surface area (Å²) in [6, 6.07) is 65.7. The summed E-state index contributed by atoms with van der Waals surface area (Å²) < 4.78 is 9.03. The molecule has 0 atom stereocenters. The van der Waals surface area contributed by atoms with Crippen LogP contribution in [0.3, 0.4) is 0 Å². The monoisotopic (exact) mass is 733 g/mol. The van der Waals surface area contributed by atoms with E-state index < -0.39 is 0 Å². The van der Waals surface area contributed by atoms with Crippen molar-refractivity contribution in [3.05, 3.63) is 188 Å². The molecule has 56 heavy (non-hydrogen) atoms. The van der Waals surface area contributed by atoms with Crippen molar-refractivity contribution < 1.29 is 4.42 Å². The number of aromatic nitrogens is 3. The molecule has 0 amide bonds. The van der Waals surface area contributed by atoms with Crippen molar-refractivity contribution in [1.82, 2.24) is 15.0 Å². The first-order valence-electron chi connectivity index (χ1n) is 18.7. The van der Waals surface area contributed by atoms with E-state index >= 15 is 0 Å². The molecule has 262 valence electrons. The highest BCUT2D eigenvalue weighted by atomic mass is 32.1. The van der Waals surface area contributed by atoms with Gasteiger partial charge in [-0.15, -0.1) is 11.3 Å². The number of benzene rings is 8. The fraction of sp³-hybridized carbons (Fsp3) is 0. The summed E-state index contributed by atoms with van der Waals surface area (Å²) in [7, 11) is 0. The van der Waals surface area contributed by atoms with Gasteiger partial charge >= 0.3 is 0 Å². The molecule has 8 aromatic carbocycles. The summed E-state index contributed by atoms with van der Waals surface area (Å²) >= 11 is 1.79. The lowest BCUT2D eigenvalue weighted by Crippen LogP contribution is -2.00. The van der Waals surface area contributed by atoms with Crippen molar-refractivity contribution in [2.45, 2.75) is 0 Å². The molecule has 0 aliphatic rings. The van der Waals surface area contributed by atoms with E-state index in [4.69, 9.17) is 19.4 Å². The molecule has 0 bridgehead atoms. The first kappa shape index (κ1) is 32.2. The van der Waals surface area contributed by atoms with Crippen LogP contribution in [0.4, 0.5) is 0 Å². The average molecular weight is 734 g/mol. The van der Waals surface area contributed by atoms with Crippen LogP contribution < -0.4 is 0 Å². The van der Waals surface area contributed by atoms with E-state index in [2.05, 4.69) is 146 Å². The maximum absolute atomic E-state index is 6.65. The Labute approximate surface area is 327 Å². The van der Waals surface area contributed by atoms with Gasteiger partial charge in [-0.25, -0.2) is 15.0 Å². The largest absolute Gasteiger partial charge is 0.455 e. The van der Waals surface area contributed by atoms with Crippen LogP contribution in [-0.2, 0) is 0 Å². The van der Waals surface area contributed by atoms with Gasteiger partial charge in [0.1, 0.15) is 11.2 Å². The van der Waals surface area contributed by atoms with E-state index in [9.17, 15) is 0 Å². The summed E-state index contributed by atoms with van der Waals surface area (Å²) in [5.41, 5.74) is 11.5. The summed E-state index contributed by atoms with van der Waals surface area (Å²) in [6.45, 7) is 0. The Bertz CT molecular complexity index is 3230. The Morgan fingerprint density at radius 2 is 0.893 bits per heavy atom. The van der Waals surface area contributed by atoms with E-state index in [0.29, 0.717) is 17.5 Å². The van der Waals surface area contributed by atoms with Crippen molar-refractivity contribution in [1.29, 1.82) is 0 Å². The van der Waals surface area contributed by atoms with Crippen LogP contribution in [0.2, 0.25) is 0 Å². The van der Waals surface area contributed by atoms with Crippen molar-refractivity contribution in [3.8, 4) is 67.5 Å². The van der Waals surface area contributed by atoms with Crippen LogP contribution in [0.15, 0.2) is 192 Å². The number of hydrogen-bond donors (Lipinski definition) is 0. The minimum atomic E-state index is 0.639. The fourth-order valence-corrected chi connectivity index (χ4v) is 8.98. The predicted octanol–water partition coefficient (Wildman–Crippen LogP) is 14.1. The van der Waals surface area contributed by atoms with E-state index in [1.807, 2.05) is 42.5 Å². The standard InChI is InChI=1S/C51H31N3OS/c1-4-13-32(14-5-1)34-23-25-36(26-24-34)50-52-49(35-17-8-3-9-18-35)53-51(54-50)37-27-28-41-46(31-37)56-45-22-12-20-40(47(41)45)43-30-38(33-15-6-2-7-16-33)29-42-39-19-10-11-21-44(39)55-48(42)43/h1-31H. The average Bonchev–Trinajstić information content (AvgIpc) is 3.85. The molecule has 0 N–H and O–H groups in total. The third-order valence-corrected chi connectivity index (χ3v) is 11.7. The summed E-state index contributed by atoms with van der Waals surface area (Å²) in [4.78, 5) is 15.1. The SMILES string of the molecule is c1ccc(-c2ccc(-c3nc(-c4ccccc4)nc(-c4ccc5c(c4)sc4cccc(-c6cc(-c7ccccc7)cc7c6oc6ccccc67)c45)n3)cc2)cc1. The number of rotatable bonds is 6. The lowest BCUT2D eigenvalue weighted by molar-refractivity contribution is 0.670. The molecule has 0 radical (unpaired) electrons. The van der Waals surface area contributed by atoms with Crippen molar-refractivity contribution in [3.63, 3.8) is 0 Å². The molecule has 0 aliphatic heterocycles. The molecule has 11 rings (SSSR count). The second kappa shape index (κ2) is 13.3. The summed E-state index contributed by atoms with van der Waals surface area (Å²) in [5.74, 6) is 1.92. The number of thiophene rings is 1. The quantitative estimate of drug-likeness (QED) is 0.171. The highest BCUT2D eigenvalue weighted by molar-refractivity contribution is 7.26. The molecule has 3 heterocycles. The van der Waals surface area contributed by atoms with Gasteiger partial charge in [-0.2, -0.15) is 0 Å². The van der Waals surface area contributed by atoms with Crippen LogP contribution in [-0.4, -0.2) is 15.0 Å². The summed E-state index contributed by atoms with van der Waals surface area (Å²) in [6.07, 6.45) is 0. The number of nitrogens with zero attached hydrogens (tertiary/aromatic N) is 3. The third kappa shape index (κ3) is 5.56. The topological polar surface area (TPSA) is 51.8 Å². The van der Waals surface area contributed by atoms with Gasteiger partial charge in [0.15, 0.2) is 17.5 Å². The molecule has 11 aromatic rings. The summed E-state index contributed by atoms with van der Waals surface area (Å²) in [5, 5.41) is 4.64. The van der Waals surface area contributed by atoms with E-state index in [0.717, 1.165) is 60.9 Å². The lowest BCUT2D eigenvalue weighted by atomic mass is 9.93. The van der Waals surface area contributed by atoms with Gasteiger partial charge in [0.25, 0.3) is 0 Å². The molecule has 0 saturated carbocycles.